The molecular formula is C19H21N3O3S. The molecule has 1 unspecified atom stereocenters. The van der Waals surface area contributed by atoms with Gasteiger partial charge in [0.15, 0.2) is 0 Å². The van der Waals surface area contributed by atoms with Crippen LogP contribution in [0.15, 0.2) is 53.4 Å². The molecule has 0 saturated carbocycles. The normalized spacial score (nSPS) is 16.7. The third kappa shape index (κ3) is 3.52. The van der Waals surface area contributed by atoms with Crippen molar-refractivity contribution in [2.75, 3.05) is 31.6 Å². The number of hydrogen-bond donors (Lipinski definition) is 0. The molecule has 0 N–H and O–H groups in total. The van der Waals surface area contributed by atoms with Crippen LogP contribution < -0.4 is 9.64 Å². The van der Waals surface area contributed by atoms with Crippen LogP contribution in [0, 0.1) is 11.3 Å². The highest BCUT2D eigenvalue weighted by Crippen LogP contribution is 2.33. The molecule has 2 aromatic rings. The number of ether oxygens (including phenoxy) is 1. The molecule has 0 fully saturated rings. The molecule has 0 amide bonds. The zero-order valence-electron chi connectivity index (χ0n) is 14.8. The average molecular weight is 371 g/mol. The van der Waals surface area contributed by atoms with Crippen molar-refractivity contribution >= 4 is 15.7 Å². The maximum Gasteiger partial charge on any atom is 0.242 e. The van der Waals surface area contributed by atoms with Crippen molar-refractivity contribution in [1.82, 2.24) is 4.31 Å². The summed E-state index contributed by atoms with van der Waals surface area (Å²) in [5.41, 5.74) is 1.35. The molecular weight excluding hydrogens is 350 g/mol. The van der Waals surface area contributed by atoms with E-state index < -0.39 is 10.0 Å². The predicted octanol–water partition coefficient (Wildman–Crippen LogP) is 2.47. The third-order valence-electron chi connectivity index (χ3n) is 4.44. The molecule has 136 valence electrons. The highest BCUT2D eigenvalue weighted by molar-refractivity contribution is 7.89. The van der Waals surface area contributed by atoms with E-state index in [1.165, 1.54) is 23.5 Å². The molecule has 1 atom stereocenters. The van der Waals surface area contributed by atoms with Gasteiger partial charge in [-0.2, -0.15) is 9.57 Å². The number of nitrogens with zero attached hydrogens (tertiary/aromatic N) is 3. The summed E-state index contributed by atoms with van der Waals surface area (Å²) in [5, 5.41) is 8.99. The topological polar surface area (TPSA) is 73.6 Å². The molecule has 3 rings (SSSR count). The lowest BCUT2D eigenvalue weighted by Crippen LogP contribution is -2.46. The molecule has 0 aromatic heterocycles. The lowest BCUT2D eigenvalue weighted by molar-refractivity contribution is 0.171. The predicted molar refractivity (Wildman–Crippen MR) is 99.7 cm³/mol. The van der Waals surface area contributed by atoms with Crippen LogP contribution >= 0.6 is 0 Å². The lowest BCUT2D eigenvalue weighted by atomic mass is 10.2. The van der Waals surface area contributed by atoms with E-state index in [0.717, 1.165) is 18.0 Å². The maximum atomic E-state index is 12.8. The molecule has 1 heterocycles. The Morgan fingerprint density at radius 1 is 1.27 bits per heavy atom. The zero-order valence-corrected chi connectivity index (χ0v) is 15.6. The number of benzene rings is 2. The first-order chi connectivity index (χ1) is 12.5. The standard InChI is InChI=1S/C19H21N3O3S/c1-3-22-14-16(25-19-10-5-4-9-18(19)22)13-21(2)26(23,24)17-8-6-7-15(11-17)12-20/h4-11,16H,3,13-14H2,1-2H3. The number of rotatable bonds is 5. The fraction of sp³-hybridized carbons (Fsp3) is 0.316. The van der Waals surface area contributed by atoms with Gasteiger partial charge in [0.2, 0.25) is 10.0 Å². The maximum absolute atomic E-state index is 12.8. The van der Waals surface area contributed by atoms with Gasteiger partial charge >= 0.3 is 0 Å². The number of likely N-dealkylation sites (N-methyl/N-ethyl adjacent to an activating group) is 2. The lowest BCUT2D eigenvalue weighted by Gasteiger charge is -2.36. The van der Waals surface area contributed by atoms with Crippen LogP contribution in [0.1, 0.15) is 12.5 Å². The van der Waals surface area contributed by atoms with E-state index in [1.54, 1.807) is 12.1 Å². The molecule has 0 spiro atoms. The van der Waals surface area contributed by atoms with E-state index in [4.69, 9.17) is 10.00 Å². The molecule has 26 heavy (non-hydrogen) atoms. The Morgan fingerprint density at radius 2 is 2.04 bits per heavy atom. The molecule has 0 aliphatic carbocycles. The van der Waals surface area contributed by atoms with Crippen molar-refractivity contribution < 1.29 is 13.2 Å². The number of anilines is 1. The van der Waals surface area contributed by atoms with Crippen LogP contribution in [0.4, 0.5) is 5.69 Å². The van der Waals surface area contributed by atoms with E-state index in [-0.39, 0.29) is 17.5 Å². The molecule has 6 nitrogen and oxygen atoms in total. The summed E-state index contributed by atoms with van der Waals surface area (Å²) in [6, 6.07) is 15.8. The monoisotopic (exact) mass is 371 g/mol. The second-order valence-electron chi connectivity index (χ2n) is 6.17. The Hall–Kier alpha value is -2.56. The zero-order chi connectivity index (χ0) is 18.7. The summed E-state index contributed by atoms with van der Waals surface area (Å²) in [5.74, 6) is 0.767. The van der Waals surface area contributed by atoms with Gasteiger partial charge < -0.3 is 9.64 Å². The molecule has 7 heteroatoms. The molecule has 1 aliphatic heterocycles. The highest BCUT2D eigenvalue weighted by atomic mass is 32.2. The first-order valence-corrected chi connectivity index (χ1v) is 9.87. The Balaban J connectivity index is 1.79. The number of fused-ring (bicyclic) bond motifs is 1. The largest absolute Gasteiger partial charge is 0.485 e. The van der Waals surface area contributed by atoms with Crippen LogP contribution in [0.3, 0.4) is 0 Å². The second-order valence-corrected chi connectivity index (χ2v) is 8.22. The van der Waals surface area contributed by atoms with Crippen molar-refractivity contribution in [2.45, 2.75) is 17.9 Å². The fourth-order valence-electron chi connectivity index (χ4n) is 3.06. The molecule has 2 aromatic carbocycles. The van der Waals surface area contributed by atoms with E-state index in [2.05, 4.69) is 11.8 Å². The smallest absolute Gasteiger partial charge is 0.242 e. The number of para-hydroxylation sites is 2. The third-order valence-corrected chi connectivity index (χ3v) is 6.26. The van der Waals surface area contributed by atoms with Gasteiger partial charge in [-0.1, -0.05) is 18.2 Å². The molecule has 1 aliphatic rings. The number of hydrogen-bond acceptors (Lipinski definition) is 5. The van der Waals surface area contributed by atoms with E-state index in [0.29, 0.717) is 12.1 Å². The SMILES string of the molecule is CCN1CC(CN(C)S(=O)(=O)c2cccc(C#N)c2)Oc2ccccc21. The minimum Gasteiger partial charge on any atom is -0.485 e. The minimum absolute atomic E-state index is 0.114. The summed E-state index contributed by atoms with van der Waals surface area (Å²) < 4.78 is 32.9. The van der Waals surface area contributed by atoms with Crippen molar-refractivity contribution in [3.63, 3.8) is 0 Å². The van der Waals surface area contributed by atoms with Crippen molar-refractivity contribution in [3.05, 3.63) is 54.1 Å². The van der Waals surface area contributed by atoms with Crippen LogP contribution in [0.2, 0.25) is 0 Å². The van der Waals surface area contributed by atoms with Gasteiger partial charge in [0.25, 0.3) is 0 Å². The summed E-state index contributed by atoms with van der Waals surface area (Å²) in [6.07, 6.45) is -0.274. The summed E-state index contributed by atoms with van der Waals surface area (Å²) in [7, 11) is -2.15. The van der Waals surface area contributed by atoms with Gasteiger partial charge in [0.1, 0.15) is 11.9 Å². The van der Waals surface area contributed by atoms with Crippen molar-refractivity contribution in [2.24, 2.45) is 0 Å². The highest BCUT2D eigenvalue weighted by Gasteiger charge is 2.29. The number of sulfonamides is 1. The average Bonchev–Trinajstić information content (AvgIpc) is 2.67. The quantitative estimate of drug-likeness (QED) is 0.807. The fourth-order valence-corrected chi connectivity index (χ4v) is 4.31. The van der Waals surface area contributed by atoms with Gasteiger partial charge in [-0.05, 0) is 37.3 Å². The second kappa shape index (κ2) is 7.36. The Labute approximate surface area is 154 Å². The molecule has 0 bridgehead atoms. The summed E-state index contributed by atoms with van der Waals surface area (Å²) in [4.78, 5) is 2.29. The van der Waals surface area contributed by atoms with Gasteiger partial charge in [-0.3, -0.25) is 0 Å². The first-order valence-electron chi connectivity index (χ1n) is 8.43. The number of nitriles is 1. The van der Waals surface area contributed by atoms with Gasteiger partial charge in [-0.25, -0.2) is 8.42 Å². The summed E-state index contributed by atoms with van der Waals surface area (Å²) in [6.45, 7) is 3.72. The van der Waals surface area contributed by atoms with Gasteiger partial charge in [0.05, 0.1) is 35.3 Å². The Bertz CT molecular complexity index is 937. The van der Waals surface area contributed by atoms with Crippen LogP contribution in [-0.4, -0.2) is 45.5 Å². The van der Waals surface area contributed by atoms with Crippen LogP contribution in [-0.2, 0) is 10.0 Å². The molecule has 0 saturated heterocycles. The van der Waals surface area contributed by atoms with Crippen LogP contribution in [0.5, 0.6) is 5.75 Å². The Kier molecular flexibility index (Phi) is 5.16. The van der Waals surface area contributed by atoms with Crippen molar-refractivity contribution in [3.8, 4) is 11.8 Å². The molecule has 0 radical (unpaired) electrons. The van der Waals surface area contributed by atoms with Crippen molar-refractivity contribution in [1.29, 1.82) is 5.26 Å². The van der Waals surface area contributed by atoms with E-state index in [1.807, 2.05) is 30.3 Å². The van der Waals surface area contributed by atoms with E-state index >= 15 is 0 Å². The van der Waals surface area contributed by atoms with Gasteiger partial charge in [0, 0.05) is 13.6 Å². The Morgan fingerprint density at radius 3 is 2.77 bits per heavy atom. The van der Waals surface area contributed by atoms with Crippen LogP contribution in [0.25, 0.3) is 0 Å². The summed E-state index contributed by atoms with van der Waals surface area (Å²) >= 11 is 0. The first kappa shape index (κ1) is 18.2. The van der Waals surface area contributed by atoms with E-state index in [9.17, 15) is 8.42 Å². The van der Waals surface area contributed by atoms with Gasteiger partial charge in [-0.15, -0.1) is 0 Å². The minimum atomic E-state index is -3.69.